The predicted molar refractivity (Wildman–Crippen MR) is 120 cm³/mol. The third kappa shape index (κ3) is 3.73. The van der Waals surface area contributed by atoms with Crippen molar-refractivity contribution >= 4 is 40.0 Å². The van der Waals surface area contributed by atoms with E-state index in [9.17, 15) is 19.3 Å². The van der Waals surface area contributed by atoms with Gasteiger partial charge in [0.05, 0.1) is 16.7 Å². The Kier molecular flexibility index (Phi) is 5.04. The summed E-state index contributed by atoms with van der Waals surface area (Å²) in [6.07, 6.45) is 3.34. The quantitative estimate of drug-likeness (QED) is 0.357. The molecule has 0 fully saturated rings. The van der Waals surface area contributed by atoms with Crippen LogP contribution in [-0.2, 0) is 0 Å². The first-order chi connectivity index (χ1) is 15.1. The van der Waals surface area contributed by atoms with Crippen molar-refractivity contribution in [3.63, 3.8) is 0 Å². The number of carbonyl (C=O) groups is 1. The molecule has 0 saturated heterocycles. The first-order valence-corrected chi connectivity index (χ1v) is 9.85. The van der Waals surface area contributed by atoms with Crippen LogP contribution in [0.3, 0.4) is 0 Å². The van der Waals surface area contributed by atoms with Gasteiger partial charge < -0.3 is 9.32 Å². The number of hydrazone groups is 1. The van der Waals surface area contributed by atoms with Crippen LogP contribution in [0.15, 0.2) is 52.0 Å². The van der Waals surface area contributed by atoms with E-state index in [0.717, 1.165) is 16.8 Å². The van der Waals surface area contributed by atoms with Gasteiger partial charge in [-0.3, -0.25) is 14.9 Å². The molecule has 4 rings (SSSR count). The third-order valence-electron chi connectivity index (χ3n) is 5.64. The summed E-state index contributed by atoms with van der Waals surface area (Å²) >= 11 is 0. The summed E-state index contributed by atoms with van der Waals surface area (Å²) in [5.74, 6) is -1.18. The fourth-order valence-electron chi connectivity index (χ4n) is 3.76. The Hall–Kier alpha value is -4.01. The number of nitrogens with zero attached hydrogens (tertiary/aromatic N) is 3. The standard InChI is InChI=1S/C23H21FN4O4/c1-13-11-23(2,3)27(4)19-10-18(24)15(8-17(13)19)12-25-26-22(29)21-9-14-7-16(28(30)31)5-6-20(14)32-21/h5-12H,1-4H3,(H,26,29)/b25-12-. The van der Waals surface area contributed by atoms with E-state index in [1.807, 2.05) is 18.9 Å². The molecule has 3 aromatic rings. The van der Waals surface area contributed by atoms with Gasteiger partial charge in [0, 0.05) is 41.4 Å². The molecule has 32 heavy (non-hydrogen) atoms. The highest BCUT2D eigenvalue weighted by Crippen LogP contribution is 2.38. The Morgan fingerprint density at radius 1 is 1.28 bits per heavy atom. The number of rotatable bonds is 4. The van der Waals surface area contributed by atoms with E-state index in [1.165, 1.54) is 36.5 Å². The zero-order chi connectivity index (χ0) is 23.2. The molecule has 0 bridgehead atoms. The molecule has 8 nitrogen and oxygen atoms in total. The number of anilines is 1. The van der Waals surface area contributed by atoms with Gasteiger partial charge in [-0.2, -0.15) is 5.10 Å². The zero-order valence-corrected chi connectivity index (χ0v) is 18.0. The summed E-state index contributed by atoms with van der Waals surface area (Å²) < 4.78 is 20.1. The SMILES string of the molecule is CC1=CC(C)(C)N(C)c2cc(F)c(/C=N\NC(=O)c3cc4cc([N+](=O)[O-])ccc4o3)cc21. The minimum absolute atomic E-state index is 0.0637. The van der Waals surface area contributed by atoms with E-state index >= 15 is 0 Å². The van der Waals surface area contributed by atoms with Crippen LogP contribution >= 0.6 is 0 Å². The van der Waals surface area contributed by atoms with Crippen molar-refractivity contribution in [3.8, 4) is 0 Å². The molecule has 2 heterocycles. The summed E-state index contributed by atoms with van der Waals surface area (Å²) in [6, 6.07) is 8.57. The van der Waals surface area contributed by atoms with E-state index in [4.69, 9.17) is 4.42 Å². The van der Waals surface area contributed by atoms with E-state index in [2.05, 4.69) is 30.5 Å². The van der Waals surface area contributed by atoms with Gasteiger partial charge in [-0.05, 0) is 50.6 Å². The second kappa shape index (κ2) is 7.60. The fraction of sp³-hybridized carbons (Fsp3) is 0.217. The highest BCUT2D eigenvalue weighted by Gasteiger charge is 2.29. The van der Waals surface area contributed by atoms with Crippen LogP contribution in [0.1, 0.15) is 42.5 Å². The molecule has 1 aromatic heterocycles. The van der Waals surface area contributed by atoms with Gasteiger partial charge in [0.15, 0.2) is 5.76 Å². The first kappa shape index (κ1) is 21.2. The number of carbonyl (C=O) groups excluding carboxylic acids is 1. The average molecular weight is 436 g/mol. The lowest BCUT2D eigenvalue weighted by atomic mass is 9.88. The summed E-state index contributed by atoms with van der Waals surface area (Å²) in [4.78, 5) is 24.7. The molecule has 1 amide bonds. The number of non-ortho nitro benzene ring substituents is 1. The first-order valence-electron chi connectivity index (χ1n) is 9.85. The van der Waals surface area contributed by atoms with Crippen LogP contribution in [0, 0.1) is 15.9 Å². The Morgan fingerprint density at radius 2 is 2.03 bits per heavy atom. The molecule has 1 aliphatic rings. The number of hydrogen-bond donors (Lipinski definition) is 1. The molecule has 9 heteroatoms. The number of benzene rings is 2. The molecule has 0 atom stereocenters. The van der Waals surface area contributed by atoms with Gasteiger partial charge in [0.2, 0.25) is 0 Å². The fourth-order valence-corrected chi connectivity index (χ4v) is 3.76. The highest BCUT2D eigenvalue weighted by molar-refractivity contribution is 5.97. The summed E-state index contributed by atoms with van der Waals surface area (Å²) in [5.41, 5.74) is 5.21. The van der Waals surface area contributed by atoms with Crippen molar-refractivity contribution in [2.75, 3.05) is 11.9 Å². The van der Waals surface area contributed by atoms with Gasteiger partial charge in [-0.1, -0.05) is 6.08 Å². The molecule has 164 valence electrons. The number of likely N-dealkylation sites (N-methyl/N-ethyl adjacent to an activating group) is 1. The number of nitro groups is 1. The monoisotopic (exact) mass is 436 g/mol. The summed E-state index contributed by atoms with van der Waals surface area (Å²) in [7, 11) is 1.91. The number of nitrogens with one attached hydrogen (secondary N) is 1. The molecule has 0 saturated carbocycles. The molecule has 1 aliphatic heterocycles. The Bertz CT molecular complexity index is 1320. The minimum atomic E-state index is -0.656. The van der Waals surface area contributed by atoms with Gasteiger partial charge in [-0.15, -0.1) is 0 Å². The maximum Gasteiger partial charge on any atom is 0.307 e. The van der Waals surface area contributed by atoms with Crippen LogP contribution in [0.4, 0.5) is 15.8 Å². The lowest BCUT2D eigenvalue weighted by molar-refractivity contribution is -0.384. The molecular weight excluding hydrogens is 415 g/mol. The number of hydrogen-bond acceptors (Lipinski definition) is 6. The van der Waals surface area contributed by atoms with Crippen molar-refractivity contribution < 1.29 is 18.5 Å². The van der Waals surface area contributed by atoms with Crippen LogP contribution in [0.2, 0.25) is 0 Å². The van der Waals surface area contributed by atoms with E-state index in [1.54, 1.807) is 6.07 Å². The topological polar surface area (TPSA) is 101 Å². The molecule has 0 radical (unpaired) electrons. The lowest BCUT2D eigenvalue weighted by Crippen LogP contribution is -2.42. The minimum Gasteiger partial charge on any atom is -0.451 e. The van der Waals surface area contributed by atoms with Gasteiger partial charge in [0.25, 0.3) is 5.69 Å². The van der Waals surface area contributed by atoms with Crippen LogP contribution in [0.25, 0.3) is 16.5 Å². The molecule has 0 spiro atoms. The van der Waals surface area contributed by atoms with E-state index in [-0.39, 0.29) is 22.6 Å². The highest BCUT2D eigenvalue weighted by atomic mass is 19.1. The third-order valence-corrected chi connectivity index (χ3v) is 5.64. The maximum absolute atomic E-state index is 14.7. The van der Waals surface area contributed by atoms with Crippen molar-refractivity contribution in [3.05, 3.63) is 75.3 Å². The Balaban J connectivity index is 1.54. The number of allylic oxidation sites excluding steroid dienone is 1. The van der Waals surface area contributed by atoms with Crippen LogP contribution in [-0.4, -0.2) is 29.6 Å². The van der Waals surface area contributed by atoms with Crippen LogP contribution in [0.5, 0.6) is 0 Å². The van der Waals surface area contributed by atoms with Gasteiger partial charge >= 0.3 is 5.91 Å². The average Bonchev–Trinajstić information content (AvgIpc) is 3.16. The largest absolute Gasteiger partial charge is 0.451 e. The van der Waals surface area contributed by atoms with Gasteiger partial charge in [0.1, 0.15) is 11.4 Å². The number of nitro benzene ring substituents is 1. The second-order valence-electron chi connectivity index (χ2n) is 8.22. The predicted octanol–water partition coefficient (Wildman–Crippen LogP) is 4.88. The summed E-state index contributed by atoms with van der Waals surface area (Å²) in [6.45, 7) is 6.08. The van der Waals surface area contributed by atoms with Gasteiger partial charge in [-0.25, -0.2) is 9.82 Å². The van der Waals surface area contributed by atoms with Crippen molar-refractivity contribution in [1.82, 2.24) is 5.43 Å². The number of halogens is 1. The second-order valence-corrected chi connectivity index (χ2v) is 8.22. The molecular formula is C23H21FN4O4. The number of amides is 1. The molecule has 0 aliphatic carbocycles. The maximum atomic E-state index is 14.7. The van der Waals surface area contributed by atoms with Crippen molar-refractivity contribution in [1.29, 1.82) is 0 Å². The molecule has 1 N–H and O–H groups in total. The molecule has 0 unspecified atom stereocenters. The number of fused-ring (bicyclic) bond motifs is 2. The van der Waals surface area contributed by atoms with E-state index in [0.29, 0.717) is 11.0 Å². The van der Waals surface area contributed by atoms with Crippen molar-refractivity contribution in [2.45, 2.75) is 26.3 Å². The van der Waals surface area contributed by atoms with Crippen molar-refractivity contribution in [2.24, 2.45) is 5.10 Å². The Labute approximate surface area is 183 Å². The van der Waals surface area contributed by atoms with Crippen LogP contribution < -0.4 is 10.3 Å². The Morgan fingerprint density at radius 3 is 2.75 bits per heavy atom. The number of furan rings is 1. The summed E-state index contributed by atoms with van der Waals surface area (Å²) in [5, 5.41) is 15.2. The zero-order valence-electron chi connectivity index (χ0n) is 18.0. The smallest absolute Gasteiger partial charge is 0.307 e. The lowest BCUT2D eigenvalue weighted by Gasteiger charge is -2.40. The molecule has 2 aromatic carbocycles. The normalized spacial score (nSPS) is 15.0. The van der Waals surface area contributed by atoms with E-state index < -0.39 is 16.6 Å².